The van der Waals surface area contributed by atoms with E-state index in [9.17, 15) is 19.1 Å². The molecular weight excluding hydrogens is 630 g/mol. The van der Waals surface area contributed by atoms with E-state index in [-0.39, 0.29) is 45.5 Å². The summed E-state index contributed by atoms with van der Waals surface area (Å²) in [5, 5.41) is 15.6. The number of rotatable bonds is 8. The van der Waals surface area contributed by atoms with Crippen LogP contribution in [0.15, 0.2) is 72.9 Å². The van der Waals surface area contributed by atoms with Crippen molar-refractivity contribution in [2.45, 2.75) is 24.9 Å². The molecule has 240 valence electrons. The predicted molar refractivity (Wildman–Crippen MR) is 171 cm³/mol. The topological polar surface area (TPSA) is 137 Å². The molecule has 1 aliphatic heterocycles. The molecule has 0 saturated carbocycles. The van der Waals surface area contributed by atoms with E-state index in [1.165, 1.54) is 13.2 Å². The third-order valence-electron chi connectivity index (χ3n) is 8.43. The van der Waals surface area contributed by atoms with Crippen molar-refractivity contribution in [3.8, 4) is 22.8 Å². The number of aliphatic hydroxyl groups is 1. The molecule has 3 aromatic carbocycles. The maximum atomic E-state index is 15.3. The van der Waals surface area contributed by atoms with Crippen molar-refractivity contribution in [2.75, 3.05) is 20.3 Å². The minimum Gasteiger partial charge on any atom is -0.494 e. The van der Waals surface area contributed by atoms with Crippen LogP contribution in [-0.2, 0) is 15.8 Å². The van der Waals surface area contributed by atoms with Gasteiger partial charge in [0.05, 0.1) is 24.4 Å². The van der Waals surface area contributed by atoms with Gasteiger partial charge in [0.2, 0.25) is 5.91 Å². The molecular formula is C35H29ClF2N4O5. The molecule has 2 atom stereocenters. The van der Waals surface area contributed by atoms with E-state index < -0.39 is 41.0 Å². The summed E-state index contributed by atoms with van der Waals surface area (Å²) in [5.41, 5.74) is 4.21. The number of carbonyl (C=O) groups excluding carboxylic acids is 2. The van der Waals surface area contributed by atoms with Gasteiger partial charge in [-0.15, -0.1) is 0 Å². The Kier molecular flexibility index (Phi) is 8.06. The summed E-state index contributed by atoms with van der Waals surface area (Å²) in [6.07, 6.45) is 1.70. The summed E-state index contributed by atoms with van der Waals surface area (Å²) >= 11 is 6.03. The molecule has 0 unspecified atom stereocenters. The zero-order valence-corrected chi connectivity index (χ0v) is 26.3. The van der Waals surface area contributed by atoms with Gasteiger partial charge < -0.3 is 25.6 Å². The van der Waals surface area contributed by atoms with Crippen LogP contribution in [0.1, 0.15) is 39.7 Å². The normalized spacial score (nSPS) is 16.7. The van der Waals surface area contributed by atoms with Crippen molar-refractivity contribution in [2.24, 2.45) is 5.73 Å². The predicted octanol–water partition coefficient (Wildman–Crippen LogP) is 5.35. The van der Waals surface area contributed by atoms with Crippen molar-refractivity contribution in [3.05, 3.63) is 118 Å². The average molecular weight is 659 g/mol. The molecule has 1 aliphatic rings. The Morgan fingerprint density at radius 1 is 1.13 bits per heavy atom. The molecule has 0 spiro atoms. The molecule has 2 amide bonds. The molecule has 5 aromatic rings. The number of aromatic nitrogens is 2. The summed E-state index contributed by atoms with van der Waals surface area (Å²) < 4.78 is 40.8. The van der Waals surface area contributed by atoms with Crippen LogP contribution in [-0.4, -0.2) is 47.2 Å². The summed E-state index contributed by atoms with van der Waals surface area (Å²) in [4.78, 5) is 35.4. The Bertz CT molecular complexity index is 2080. The number of amides is 2. The summed E-state index contributed by atoms with van der Waals surface area (Å²) in [5.74, 6) is -2.83. The molecule has 0 bridgehead atoms. The number of ether oxygens (including phenoxy) is 2. The van der Waals surface area contributed by atoms with Crippen LogP contribution in [0, 0.1) is 18.6 Å². The highest BCUT2D eigenvalue weighted by Gasteiger charge is 2.46. The van der Waals surface area contributed by atoms with Crippen LogP contribution in [0.3, 0.4) is 0 Å². The second-order valence-electron chi connectivity index (χ2n) is 11.6. The van der Waals surface area contributed by atoms with E-state index in [0.717, 1.165) is 11.6 Å². The summed E-state index contributed by atoms with van der Waals surface area (Å²) in [6.45, 7) is 2.83. The molecule has 3 heterocycles. The van der Waals surface area contributed by atoms with Crippen molar-refractivity contribution in [1.29, 1.82) is 0 Å². The third-order valence-corrected chi connectivity index (χ3v) is 8.72. The number of carbonyl (C=O) groups is 2. The standard InChI is InChI=1S/C35H29ClF2N4O5/c1-18-9-19-10-20(11-27(46-3)29(19)40-15-18)32(43)41-16-35(45,21-7-5-4-6-8-21)28-13-23-31(47-17-34(23,2)33(39)44)30(42-28)22-12-24(36)26(38)14-25(22)37/h4-15,45H,16-17H2,1-3H3,(H2,39,44)(H,41,43)/t34-,35+/m0/s1. The zero-order valence-electron chi connectivity index (χ0n) is 25.5. The van der Waals surface area contributed by atoms with Crippen LogP contribution < -0.4 is 20.5 Å². The van der Waals surface area contributed by atoms with Crippen LogP contribution in [0.2, 0.25) is 5.02 Å². The Hall–Kier alpha value is -5.13. The number of methoxy groups -OCH3 is 1. The van der Waals surface area contributed by atoms with E-state index >= 15 is 4.39 Å². The Morgan fingerprint density at radius 2 is 1.87 bits per heavy atom. The summed E-state index contributed by atoms with van der Waals surface area (Å²) in [6, 6.07) is 16.6. The Morgan fingerprint density at radius 3 is 2.57 bits per heavy atom. The number of halogens is 3. The van der Waals surface area contributed by atoms with Gasteiger partial charge in [0, 0.05) is 34.3 Å². The van der Waals surface area contributed by atoms with Crippen molar-refractivity contribution in [1.82, 2.24) is 15.3 Å². The van der Waals surface area contributed by atoms with Gasteiger partial charge in [-0.05, 0) is 55.3 Å². The number of nitrogens with one attached hydrogen (secondary N) is 1. The second-order valence-corrected chi connectivity index (χ2v) is 12.0. The fourth-order valence-corrected chi connectivity index (χ4v) is 5.83. The van der Waals surface area contributed by atoms with Gasteiger partial charge in [0.15, 0.2) is 0 Å². The molecule has 0 fully saturated rings. The molecule has 9 nitrogen and oxygen atoms in total. The Balaban J connectivity index is 1.50. The number of fused-ring (bicyclic) bond motifs is 2. The molecule has 0 saturated heterocycles. The maximum absolute atomic E-state index is 15.3. The van der Waals surface area contributed by atoms with Crippen molar-refractivity contribution >= 4 is 34.3 Å². The second kappa shape index (κ2) is 11.9. The van der Waals surface area contributed by atoms with Gasteiger partial charge in [0.25, 0.3) is 5.91 Å². The minimum atomic E-state index is -2.04. The molecule has 12 heteroatoms. The van der Waals surface area contributed by atoms with Gasteiger partial charge in [-0.3, -0.25) is 14.6 Å². The maximum Gasteiger partial charge on any atom is 0.251 e. The van der Waals surface area contributed by atoms with E-state index in [4.69, 9.17) is 26.8 Å². The number of benzene rings is 3. The smallest absolute Gasteiger partial charge is 0.251 e. The first-order valence-corrected chi connectivity index (χ1v) is 14.9. The molecule has 0 aliphatic carbocycles. The fraction of sp³-hybridized carbons (Fsp3) is 0.200. The first kappa shape index (κ1) is 31.8. The average Bonchev–Trinajstić information content (AvgIpc) is 3.42. The quantitative estimate of drug-likeness (QED) is 0.191. The first-order valence-electron chi connectivity index (χ1n) is 14.5. The van der Waals surface area contributed by atoms with Gasteiger partial charge in [-0.1, -0.05) is 41.9 Å². The highest BCUT2D eigenvalue weighted by Crippen LogP contribution is 2.47. The lowest BCUT2D eigenvalue weighted by atomic mass is 9.80. The monoisotopic (exact) mass is 658 g/mol. The van der Waals surface area contributed by atoms with E-state index in [2.05, 4.69) is 15.3 Å². The fourth-order valence-electron chi connectivity index (χ4n) is 5.66. The minimum absolute atomic E-state index is 0.0308. The van der Waals surface area contributed by atoms with E-state index in [1.807, 2.05) is 13.0 Å². The number of primary amides is 1. The lowest BCUT2D eigenvalue weighted by Crippen LogP contribution is -2.43. The first-order chi connectivity index (χ1) is 22.4. The zero-order chi connectivity index (χ0) is 33.7. The van der Waals surface area contributed by atoms with Gasteiger partial charge in [-0.2, -0.15) is 0 Å². The SMILES string of the molecule is COc1cc(C(=O)NC[C@@](O)(c2ccccc2)c2cc3c(c(-c4cc(Cl)c(F)cc4F)n2)OC[C@]3(C)C(N)=O)cc2cc(C)cnc12. The molecule has 0 radical (unpaired) electrons. The number of hydrogen-bond acceptors (Lipinski definition) is 7. The van der Waals surface area contributed by atoms with Gasteiger partial charge in [0.1, 0.15) is 52.0 Å². The number of pyridine rings is 2. The van der Waals surface area contributed by atoms with Crippen LogP contribution in [0.25, 0.3) is 22.2 Å². The molecule has 6 rings (SSSR count). The van der Waals surface area contributed by atoms with Crippen LogP contribution in [0.4, 0.5) is 8.78 Å². The number of nitrogens with zero attached hydrogens (tertiary/aromatic N) is 2. The highest BCUT2D eigenvalue weighted by atomic mass is 35.5. The molecule has 47 heavy (non-hydrogen) atoms. The van der Waals surface area contributed by atoms with Crippen molar-refractivity contribution < 1.29 is 33.0 Å². The van der Waals surface area contributed by atoms with Gasteiger partial charge >= 0.3 is 0 Å². The van der Waals surface area contributed by atoms with E-state index in [1.54, 1.807) is 55.6 Å². The molecule has 4 N–H and O–H groups in total. The lowest BCUT2D eigenvalue weighted by molar-refractivity contribution is -0.123. The highest BCUT2D eigenvalue weighted by molar-refractivity contribution is 6.31. The van der Waals surface area contributed by atoms with Crippen molar-refractivity contribution in [3.63, 3.8) is 0 Å². The Labute approximate surface area is 273 Å². The number of hydrogen-bond donors (Lipinski definition) is 3. The lowest BCUT2D eigenvalue weighted by Gasteiger charge is -2.30. The van der Waals surface area contributed by atoms with Crippen LogP contribution in [0.5, 0.6) is 11.5 Å². The van der Waals surface area contributed by atoms with E-state index in [0.29, 0.717) is 28.3 Å². The van der Waals surface area contributed by atoms with Gasteiger partial charge in [-0.25, -0.2) is 13.8 Å². The van der Waals surface area contributed by atoms with Crippen LogP contribution >= 0.6 is 11.6 Å². The molecule has 2 aromatic heterocycles. The number of nitrogens with two attached hydrogens (primary N) is 1. The number of aryl methyl sites for hydroxylation is 1. The third kappa shape index (κ3) is 5.51. The largest absolute Gasteiger partial charge is 0.494 e. The summed E-state index contributed by atoms with van der Waals surface area (Å²) in [7, 11) is 1.48.